The predicted octanol–water partition coefficient (Wildman–Crippen LogP) is -1.68. The molecule has 2 aromatic rings. The van der Waals surface area contributed by atoms with E-state index < -0.39 is 5.97 Å². The predicted molar refractivity (Wildman–Crippen MR) is 61.6 cm³/mol. The van der Waals surface area contributed by atoms with E-state index in [0.29, 0.717) is 0 Å². The summed E-state index contributed by atoms with van der Waals surface area (Å²) >= 11 is 0. The third-order valence-corrected chi connectivity index (χ3v) is 1.81. The maximum absolute atomic E-state index is 10.1. The molecule has 0 spiro atoms. The molecular formula is C13H12NNaO2. The molecule has 0 atom stereocenters. The molecule has 0 amide bonds. The van der Waals surface area contributed by atoms with Gasteiger partial charge >= 0.3 is 29.6 Å². The molecule has 2 N–H and O–H groups in total. The SMILES string of the molecule is Nc1ccccc1.O=C([O-])c1ccccc1.[Na+]. The molecular weight excluding hydrogens is 225 g/mol. The molecule has 0 unspecified atom stereocenters. The molecule has 4 heteroatoms. The number of carbonyl (C=O) groups is 1. The zero-order chi connectivity index (χ0) is 11.8. The fourth-order valence-electron chi connectivity index (χ4n) is 1.03. The van der Waals surface area contributed by atoms with Crippen LogP contribution >= 0.6 is 0 Å². The number of hydrogen-bond donors (Lipinski definition) is 1. The summed E-state index contributed by atoms with van der Waals surface area (Å²) in [6.07, 6.45) is 0. The normalized spacial score (nSPS) is 8.24. The Morgan fingerprint density at radius 3 is 1.53 bits per heavy atom. The van der Waals surface area contributed by atoms with Crippen LogP contribution < -0.4 is 40.4 Å². The van der Waals surface area contributed by atoms with E-state index in [1.165, 1.54) is 12.1 Å². The molecule has 0 aliphatic carbocycles. The van der Waals surface area contributed by atoms with Crippen molar-refractivity contribution in [3.63, 3.8) is 0 Å². The van der Waals surface area contributed by atoms with E-state index in [-0.39, 0.29) is 35.1 Å². The van der Waals surface area contributed by atoms with Gasteiger partial charge in [-0.3, -0.25) is 0 Å². The van der Waals surface area contributed by atoms with E-state index >= 15 is 0 Å². The Bertz CT molecular complexity index is 432. The number of aromatic carboxylic acids is 1. The molecule has 2 aromatic carbocycles. The van der Waals surface area contributed by atoms with Crippen molar-refractivity contribution in [2.45, 2.75) is 0 Å². The van der Waals surface area contributed by atoms with Crippen molar-refractivity contribution < 1.29 is 39.5 Å². The maximum atomic E-state index is 10.1. The maximum Gasteiger partial charge on any atom is 1.00 e. The molecule has 0 heterocycles. The van der Waals surface area contributed by atoms with Crippen LogP contribution in [0.2, 0.25) is 0 Å². The van der Waals surface area contributed by atoms with E-state index in [1.54, 1.807) is 18.2 Å². The minimum Gasteiger partial charge on any atom is -0.545 e. The van der Waals surface area contributed by atoms with E-state index in [2.05, 4.69) is 0 Å². The number of rotatable bonds is 1. The second-order valence-electron chi connectivity index (χ2n) is 3.06. The van der Waals surface area contributed by atoms with Gasteiger partial charge < -0.3 is 15.6 Å². The first-order valence-electron chi connectivity index (χ1n) is 4.77. The summed E-state index contributed by atoms with van der Waals surface area (Å²) in [4.78, 5) is 10.1. The van der Waals surface area contributed by atoms with Crippen molar-refractivity contribution in [1.29, 1.82) is 0 Å². The number of hydrogen-bond acceptors (Lipinski definition) is 3. The number of carbonyl (C=O) groups excluding carboxylic acids is 1. The summed E-state index contributed by atoms with van der Waals surface area (Å²) in [6, 6.07) is 17.6. The average molecular weight is 237 g/mol. The van der Waals surface area contributed by atoms with Gasteiger partial charge in [-0.1, -0.05) is 48.5 Å². The Morgan fingerprint density at radius 1 is 0.882 bits per heavy atom. The number of nitrogen functional groups attached to an aromatic ring is 1. The van der Waals surface area contributed by atoms with Crippen molar-refractivity contribution in [1.82, 2.24) is 0 Å². The van der Waals surface area contributed by atoms with Crippen LogP contribution in [0.15, 0.2) is 60.7 Å². The van der Waals surface area contributed by atoms with Crippen molar-refractivity contribution in [2.24, 2.45) is 0 Å². The minimum atomic E-state index is -1.13. The number of anilines is 1. The van der Waals surface area contributed by atoms with Gasteiger partial charge in [0, 0.05) is 5.69 Å². The third kappa shape index (κ3) is 6.79. The van der Waals surface area contributed by atoms with Crippen LogP contribution in [0.3, 0.4) is 0 Å². The summed E-state index contributed by atoms with van der Waals surface area (Å²) < 4.78 is 0. The van der Waals surface area contributed by atoms with Crippen molar-refractivity contribution in [3.05, 3.63) is 66.2 Å². The molecule has 0 aromatic heterocycles. The Labute approximate surface area is 123 Å². The topological polar surface area (TPSA) is 66.2 Å². The number of carboxylic acids is 1. The monoisotopic (exact) mass is 237 g/mol. The molecule has 82 valence electrons. The van der Waals surface area contributed by atoms with Gasteiger partial charge in [-0.25, -0.2) is 0 Å². The van der Waals surface area contributed by atoms with Gasteiger partial charge in [-0.15, -0.1) is 0 Å². The summed E-state index contributed by atoms with van der Waals surface area (Å²) in [5.74, 6) is -1.13. The summed E-state index contributed by atoms with van der Waals surface area (Å²) in [6.45, 7) is 0. The van der Waals surface area contributed by atoms with Gasteiger partial charge in [-0.2, -0.15) is 0 Å². The van der Waals surface area contributed by atoms with Crippen molar-refractivity contribution >= 4 is 11.7 Å². The molecule has 0 fully saturated rings. The summed E-state index contributed by atoms with van der Waals surface area (Å²) in [5.41, 5.74) is 6.40. The van der Waals surface area contributed by atoms with Crippen LogP contribution in [0.5, 0.6) is 0 Å². The van der Waals surface area contributed by atoms with Crippen LogP contribution in [0.4, 0.5) is 5.69 Å². The Kier molecular flexibility index (Phi) is 8.15. The Hall–Kier alpha value is -1.29. The van der Waals surface area contributed by atoms with Gasteiger partial charge in [-0.05, 0) is 17.7 Å². The van der Waals surface area contributed by atoms with Crippen LogP contribution in [0, 0.1) is 0 Å². The quantitative estimate of drug-likeness (QED) is 0.476. The number of nitrogens with two attached hydrogens (primary N) is 1. The number of benzene rings is 2. The van der Waals surface area contributed by atoms with E-state index in [4.69, 9.17) is 5.73 Å². The largest absolute Gasteiger partial charge is 1.00 e. The molecule has 0 saturated heterocycles. The zero-order valence-electron chi connectivity index (χ0n) is 9.67. The smallest absolute Gasteiger partial charge is 0.545 e. The molecule has 0 bridgehead atoms. The minimum absolute atomic E-state index is 0. The van der Waals surface area contributed by atoms with Crippen LogP contribution in [0.1, 0.15) is 10.4 Å². The van der Waals surface area contributed by atoms with Gasteiger partial charge in [0.2, 0.25) is 0 Å². The number of carboxylic acid groups (broad SMARTS) is 1. The van der Waals surface area contributed by atoms with Gasteiger partial charge in [0.05, 0.1) is 5.97 Å². The van der Waals surface area contributed by atoms with Crippen LogP contribution in [0.25, 0.3) is 0 Å². The van der Waals surface area contributed by atoms with Crippen molar-refractivity contribution in [3.8, 4) is 0 Å². The third-order valence-electron chi connectivity index (χ3n) is 1.81. The molecule has 0 radical (unpaired) electrons. The van der Waals surface area contributed by atoms with Gasteiger partial charge in [0.15, 0.2) is 0 Å². The first kappa shape index (κ1) is 15.7. The molecule has 3 nitrogen and oxygen atoms in total. The molecule has 0 aliphatic heterocycles. The fourth-order valence-corrected chi connectivity index (χ4v) is 1.03. The fraction of sp³-hybridized carbons (Fsp3) is 0. The zero-order valence-corrected chi connectivity index (χ0v) is 11.7. The average Bonchev–Trinajstić information content (AvgIpc) is 2.32. The molecule has 0 aliphatic rings. The van der Waals surface area contributed by atoms with Gasteiger partial charge in [0.1, 0.15) is 0 Å². The van der Waals surface area contributed by atoms with Crippen molar-refractivity contribution in [2.75, 3.05) is 5.73 Å². The van der Waals surface area contributed by atoms with Crippen LogP contribution in [-0.2, 0) is 0 Å². The van der Waals surface area contributed by atoms with Crippen LogP contribution in [-0.4, -0.2) is 5.97 Å². The second kappa shape index (κ2) is 8.82. The molecule has 0 saturated carbocycles. The van der Waals surface area contributed by atoms with E-state index in [9.17, 15) is 9.90 Å². The van der Waals surface area contributed by atoms with Gasteiger partial charge in [0.25, 0.3) is 0 Å². The number of para-hydroxylation sites is 1. The summed E-state index contributed by atoms with van der Waals surface area (Å²) in [5, 5.41) is 10.1. The first-order chi connectivity index (χ1) is 7.70. The molecule has 2 rings (SSSR count). The summed E-state index contributed by atoms with van der Waals surface area (Å²) in [7, 11) is 0. The van der Waals surface area contributed by atoms with E-state index in [1.807, 2.05) is 30.3 Å². The first-order valence-corrected chi connectivity index (χ1v) is 4.77. The Morgan fingerprint density at radius 2 is 1.29 bits per heavy atom. The Balaban J connectivity index is 0.000000292. The molecule has 17 heavy (non-hydrogen) atoms. The van der Waals surface area contributed by atoms with E-state index in [0.717, 1.165) is 5.69 Å². The standard InChI is InChI=1S/C7H6O2.C6H7N.Na/c8-7(9)6-4-2-1-3-5-6;7-6-4-2-1-3-5-6;/h1-5H,(H,8,9);1-5H,7H2;/q;;+1/p-1. The second-order valence-corrected chi connectivity index (χ2v) is 3.06.